The molecule has 3 aromatic rings. The number of benzene rings is 2. The van der Waals surface area contributed by atoms with Crippen molar-refractivity contribution < 1.29 is 19.4 Å². The van der Waals surface area contributed by atoms with Crippen LogP contribution in [0, 0.1) is 5.92 Å². The van der Waals surface area contributed by atoms with Crippen molar-refractivity contribution in [3.8, 4) is 5.75 Å². The maximum atomic E-state index is 12.0. The summed E-state index contributed by atoms with van der Waals surface area (Å²) >= 11 is 0. The number of carbonyl (C=O) groups excluding carboxylic acids is 1. The summed E-state index contributed by atoms with van der Waals surface area (Å²) in [6.07, 6.45) is 7.16. The molecule has 0 atom stereocenters. The number of rotatable bonds is 18. The zero-order valence-electron chi connectivity index (χ0n) is 24.2. The average Bonchev–Trinajstić information content (AvgIpc) is 3.02. The molecule has 1 saturated carbocycles. The van der Waals surface area contributed by atoms with E-state index in [1.54, 1.807) is 24.3 Å². The summed E-state index contributed by atoms with van der Waals surface area (Å²) in [6.45, 7) is 4.26. The van der Waals surface area contributed by atoms with Gasteiger partial charge in [0.15, 0.2) is 0 Å². The van der Waals surface area contributed by atoms with Crippen LogP contribution in [0.1, 0.15) is 48.0 Å². The largest absolute Gasteiger partial charge is 0.508 e. The highest BCUT2D eigenvalue weighted by Gasteiger charge is 2.14. The third-order valence-corrected chi connectivity index (χ3v) is 7.01. The SMILES string of the molecule is O=C(NCCOCCOCCNc1nc(NCCc2ccc(O)cc2)nc(NCC2CCCCC2)n1)c1ccccc1. The highest BCUT2D eigenvalue weighted by molar-refractivity contribution is 5.94. The van der Waals surface area contributed by atoms with E-state index in [2.05, 4.69) is 36.2 Å². The standard InChI is InChI=1S/C31H43N7O4/c39-27-13-11-24(12-14-27)15-16-33-29-36-30(38-31(37-29)35-23-25-7-3-1-4-8-25)34-18-20-42-22-21-41-19-17-32-28(40)26-9-5-2-6-10-26/h2,5-6,9-14,25,39H,1,3-4,7-8,15-23H2,(H,32,40)(H3,33,34,35,36,37,38). The van der Waals surface area contributed by atoms with Gasteiger partial charge < -0.3 is 35.8 Å². The third-order valence-electron chi connectivity index (χ3n) is 7.01. The van der Waals surface area contributed by atoms with Crippen molar-refractivity contribution in [1.29, 1.82) is 0 Å². The van der Waals surface area contributed by atoms with Crippen LogP contribution in [0.4, 0.5) is 17.8 Å². The number of phenolic OH excluding ortho intramolecular Hbond substituents is 1. The molecule has 5 N–H and O–H groups in total. The lowest BCUT2D eigenvalue weighted by atomic mass is 9.89. The fourth-order valence-corrected chi connectivity index (χ4v) is 4.71. The zero-order chi connectivity index (χ0) is 29.2. The molecule has 2 aromatic carbocycles. The third kappa shape index (κ3) is 11.5. The quantitative estimate of drug-likeness (QED) is 0.140. The summed E-state index contributed by atoms with van der Waals surface area (Å²) in [5.41, 5.74) is 1.75. The number of ether oxygens (including phenoxy) is 2. The van der Waals surface area contributed by atoms with Gasteiger partial charge >= 0.3 is 0 Å². The molecule has 1 aliphatic carbocycles. The Morgan fingerprint density at radius 3 is 2.05 bits per heavy atom. The molecule has 1 heterocycles. The van der Waals surface area contributed by atoms with Gasteiger partial charge in [0.2, 0.25) is 17.8 Å². The van der Waals surface area contributed by atoms with Gasteiger partial charge in [0.1, 0.15) is 5.75 Å². The maximum Gasteiger partial charge on any atom is 0.251 e. The Hall–Kier alpha value is -3.96. The Kier molecular flexibility index (Phi) is 13.1. The van der Waals surface area contributed by atoms with Crippen LogP contribution in [0.25, 0.3) is 0 Å². The number of hydrogen-bond donors (Lipinski definition) is 5. The molecular formula is C31H43N7O4. The van der Waals surface area contributed by atoms with Crippen molar-refractivity contribution in [2.75, 3.05) is 68.6 Å². The topological polar surface area (TPSA) is 143 Å². The molecule has 4 rings (SSSR count). The maximum absolute atomic E-state index is 12.0. The molecule has 0 bridgehead atoms. The van der Waals surface area contributed by atoms with E-state index in [9.17, 15) is 9.90 Å². The average molecular weight is 578 g/mol. The first-order valence-corrected chi connectivity index (χ1v) is 14.9. The molecule has 1 aromatic heterocycles. The van der Waals surface area contributed by atoms with Gasteiger partial charge in [-0.25, -0.2) is 0 Å². The van der Waals surface area contributed by atoms with Gasteiger partial charge in [0.25, 0.3) is 5.91 Å². The predicted molar refractivity (Wildman–Crippen MR) is 164 cm³/mol. The summed E-state index contributed by atoms with van der Waals surface area (Å²) < 4.78 is 11.2. The van der Waals surface area contributed by atoms with Crippen LogP contribution in [0.5, 0.6) is 5.75 Å². The van der Waals surface area contributed by atoms with Crippen molar-refractivity contribution in [3.63, 3.8) is 0 Å². The molecule has 11 nitrogen and oxygen atoms in total. The summed E-state index contributed by atoms with van der Waals surface area (Å²) in [6, 6.07) is 16.3. The number of anilines is 3. The lowest BCUT2D eigenvalue weighted by molar-refractivity contribution is 0.0519. The van der Waals surface area contributed by atoms with E-state index in [0.29, 0.717) is 75.4 Å². The molecule has 0 radical (unpaired) electrons. The second kappa shape index (κ2) is 17.8. The van der Waals surface area contributed by atoms with Gasteiger partial charge in [-0.3, -0.25) is 4.79 Å². The molecule has 0 unspecified atom stereocenters. The van der Waals surface area contributed by atoms with E-state index in [1.165, 1.54) is 32.1 Å². The van der Waals surface area contributed by atoms with E-state index in [0.717, 1.165) is 18.5 Å². The Morgan fingerprint density at radius 1 is 0.738 bits per heavy atom. The summed E-state index contributed by atoms with van der Waals surface area (Å²) in [5.74, 6) is 2.34. The van der Waals surface area contributed by atoms with E-state index >= 15 is 0 Å². The number of hydrogen-bond acceptors (Lipinski definition) is 10. The van der Waals surface area contributed by atoms with Crippen molar-refractivity contribution in [3.05, 3.63) is 65.7 Å². The van der Waals surface area contributed by atoms with Crippen LogP contribution >= 0.6 is 0 Å². The molecule has 42 heavy (non-hydrogen) atoms. The van der Waals surface area contributed by atoms with Crippen LogP contribution in [0.3, 0.4) is 0 Å². The second-order valence-corrected chi connectivity index (χ2v) is 10.3. The Labute approximate surface area is 247 Å². The summed E-state index contributed by atoms with van der Waals surface area (Å²) in [7, 11) is 0. The number of amides is 1. The van der Waals surface area contributed by atoms with Crippen molar-refractivity contribution >= 4 is 23.8 Å². The molecule has 0 aliphatic heterocycles. The fourth-order valence-electron chi connectivity index (χ4n) is 4.71. The number of aromatic nitrogens is 3. The van der Waals surface area contributed by atoms with Crippen LogP contribution < -0.4 is 21.3 Å². The Morgan fingerprint density at radius 2 is 1.36 bits per heavy atom. The number of nitrogens with one attached hydrogen (secondary N) is 4. The first kappa shape index (κ1) is 31.0. The second-order valence-electron chi connectivity index (χ2n) is 10.3. The fraction of sp³-hybridized carbons (Fsp3) is 0.484. The van der Waals surface area contributed by atoms with E-state index in [4.69, 9.17) is 9.47 Å². The van der Waals surface area contributed by atoms with Gasteiger partial charge in [-0.1, -0.05) is 49.6 Å². The minimum absolute atomic E-state index is 0.108. The van der Waals surface area contributed by atoms with Crippen LogP contribution in [0.15, 0.2) is 54.6 Å². The van der Waals surface area contributed by atoms with Crippen LogP contribution in [0.2, 0.25) is 0 Å². The molecule has 0 saturated heterocycles. The number of nitrogens with zero attached hydrogens (tertiary/aromatic N) is 3. The summed E-state index contributed by atoms with van der Waals surface area (Å²) in [4.78, 5) is 25.7. The normalized spacial score (nSPS) is 13.4. The first-order valence-electron chi connectivity index (χ1n) is 14.9. The van der Waals surface area contributed by atoms with Gasteiger partial charge in [0, 0.05) is 31.7 Å². The first-order chi connectivity index (χ1) is 20.7. The monoisotopic (exact) mass is 577 g/mol. The molecule has 1 amide bonds. The van der Waals surface area contributed by atoms with Gasteiger partial charge in [-0.15, -0.1) is 0 Å². The van der Waals surface area contributed by atoms with E-state index < -0.39 is 0 Å². The molecule has 226 valence electrons. The van der Waals surface area contributed by atoms with Crippen molar-refractivity contribution in [1.82, 2.24) is 20.3 Å². The number of aromatic hydroxyl groups is 1. The van der Waals surface area contributed by atoms with Crippen molar-refractivity contribution in [2.24, 2.45) is 5.92 Å². The molecular weight excluding hydrogens is 534 g/mol. The summed E-state index contributed by atoms with van der Waals surface area (Å²) in [5, 5.41) is 22.3. The molecule has 1 fully saturated rings. The molecule has 11 heteroatoms. The minimum atomic E-state index is -0.108. The highest BCUT2D eigenvalue weighted by Crippen LogP contribution is 2.23. The Balaban J connectivity index is 1.15. The van der Waals surface area contributed by atoms with Crippen molar-refractivity contribution in [2.45, 2.75) is 38.5 Å². The Bertz CT molecular complexity index is 1190. The zero-order valence-corrected chi connectivity index (χ0v) is 24.2. The minimum Gasteiger partial charge on any atom is -0.508 e. The van der Waals surface area contributed by atoms with Crippen LogP contribution in [-0.2, 0) is 15.9 Å². The predicted octanol–water partition coefficient (Wildman–Crippen LogP) is 4.10. The molecule has 1 aliphatic rings. The van der Waals surface area contributed by atoms with Gasteiger partial charge in [-0.2, -0.15) is 15.0 Å². The van der Waals surface area contributed by atoms with E-state index in [1.807, 2.05) is 30.3 Å². The van der Waals surface area contributed by atoms with E-state index in [-0.39, 0.29) is 11.7 Å². The number of phenols is 1. The highest BCUT2D eigenvalue weighted by atomic mass is 16.5. The van der Waals surface area contributed by atoms with Crippen LogP contribution in [-0.4, -0.2) is 78.6 Å². The van der Waals surface area contributed by atoms with Gasteiger partial charge in [0.05, 0.1) is 26.4 Å². The molecule has 0 spiro atoms. The number of carbonyl (C=O) groups is 1. The smallest absolute Gasteiger partial charge is 0.251 e. The lowest BCUT2D eigenvalue weighted by Crippen LogP contribution is -2.27. The lowest BCUT2D eigenvalue weighted by Gasteiger charge is -2.21. The van der Waals surface area contributed by atoms with Gasteiger partial charge in [-0.05, 0) is 55.0 Å².